The van der Waals surface area contributed by atoms with Gasteiger partial charge in [0.2, 0.25) is 0 Å². The largest absolute Gasteiger partial charge is 0.375 e. The first-order valence-corrected chi connectivity index (χ1v) is 8.13. The zero-order chi connectivity index (χ0) is 13.2. The lowest BCUT2D eigenvalue weighted by molar-refractivity contribution is -0.0940. The minimum absolute atomic E-state index is 0.234. The summed E-state index contributed by atoms with van der Waals surface area (Å²) in [5.41, 5.74) is 0.504. The SMILES string of the molecule is CC(C)(C)C(Cl)CCC1CCOC2(CCCC2)C1. The molecule has 2 unspecified atom stereocenters. The molecule has 0 aromatic heterocycles. The Morgan fingerprint density at radius 3 is 2.56 bits per heavy atom. The molecule has 0 amide bonds. The molecule has 1 saturated heterocycles. The summed E-state index contributed by atoms with van der Waals surface area (Å²) in [6, 6.07) is 0. The monoisotopic (exact) mass is 272 g/mol. The maximum atomic E-state index is 6.50. The molecule has 106 valence electrons. The van der Waals surface area contributed by atoms with Crippen LogP contribution < -0.4 is 0 Å². The molecule has 0 aromatic rings. The van der Waals surface area contributed by atoms with Crippen molar-refractivity contribution in [2.75, 3.05) is 6.61 Å². The number of halogens is 1. The average molecular weight is 273 g/mol. The zero-order valence-electron chi connectivity index (χ0n) is 12.3. The van der Waals surface area contributed by atoms with Crippen molar-refractivity contribution in [2.45, 2.75) is 83.1 Å². The molecule has 1 nitrogen and oxygen atoms in total. The second-order valence-corrected chi connectivity index (χ2v) is 8.04. The van der Waals surface area contributed by atoms with Crippen molar-refractivity contribution < 1.29 is 4.74 Å². The van der Waals surface area contributed by atoms with Crippen LogP contribution >= 0.6 is 11.6 Å². The van der Waals surface area contributed by atoms with Crippen LogP contribution in [0.1, 0.15) is 72.1 Å². The normalized spacial score (nSPS) is 29.7. The van der Waals surface area contributed by atoms with Crippen LogP contribution in [0, 0.1) is 11.3 Å². The van der Waals surface area contributed by atoms with Crippen molar-refractivity contribution in [3.05, 3.63) is 0 Å². The van der Waals surface area contributed by atoms with Crippen LogP contribution in [0.3, 0.4) is 0 Å². The Balaban J connectivity index is 1.79. The number of rotatable bonds is 3. The molecule has 2 atom stereocenters. The van der Waals surface area contributed by atoms with Gasteiger partial charge in [-0.2, -0.15) is 0 Å². The van der Waals surface area contributed by atoms with Crippen LogP contribution in [0.4, 0.5) is 0 Å². The van der Waals surface area contributed by atoms with Gasteiger partial charge in [-0.1, -0.05) is 33.6 Å². The highest BCUT2D eigenvalue weighted by molar-refractivity contribution is 6.21. The smallest absolute Gasteiger partial charge is 0.0685 e. The standard InChI is InChI=1S/C16H29ClO/c1-15(2,3)14(17)7-6-13-8-11-18-16(12-13)9-4-5-10-16/h13-14H,4-12H2,1-3H3. The fourth-order valence-corrected chi connectivity index (χ4v) is 3.68. The first-order chi connectivity index (χ1) is 8.41. The van der Waals surface area contributed by atoms with E-state index in [1.165, 1.54) is 44.9 Å². The molecule has 0 aromatic carbocycles. The fourth-order valence-electron chi connectivity index (χ4n) is 3.56. The first-order valence-electron chi connectivity index (χ1n) is 7.69. The molecule has 2 fully saturated rings. The molecule has 0 radical (unpaired) electrons. The molecule has 18 heavy (non-hydrogen) atoms. The van der Waals surface area contributed by atoms with Crippen LogP contribution in [0.15, 0.2) is 0 Å². The second-order valence-electron chi connectivity index (χ2n) is 7.51. The van der Waals surface area contributed by atoms with E-state index in [-0.39, 0.29) is 11.0 Å². The zero-order valence-corrected chi connectivity index (χ0v) is 13.1. The summed E-state index contributed by atoms with van der Waals surface area (Å²) in [4.78, 5) is 0. The summed E-state index contributed by atoms with van der Waals surface area (Å²) in [6.07, 6.45) is 10.3. The maximum absolute atomic E-state index is 6.50. The summed E-state index contributed by atoms with van der Waals surface area (Å²) in [5.74, 6) is 0.848. The molecule has 2 aliphatic rings. The number of hydrogen-bond donors (Lipinski definition) is 0. The lowest BCUT2D eigenvalue weighted by atomic mass is 9.80. The van der Waals surface area contributed by atoms with E-state index in [9.17, 15) is 0 Å². The van der Waals surface area contributed by atoms with Crippen molar-refractivity contribution in [3.8, 4) is 0 Å². The predicted octanol–water partition coefficient (Wildman–Crippen LogP) is 5.16. The van der Waals surface area contributed by atoms with E-state index in [0.717, 1.165) is 18.9 Å². The predicted molar refractivity (Wildman–Crippen MR) is 78.2 cm³/mol. The fraction of sp³-hybridized carbons (Fsp3) is 1.00. The molecule has 1 aliphatic heterocycles. The average Bonchev–Trinajstić information content (AvgIpc) is 2.73. The van der Waals surface area contributed by atoms with Gasteiger partial charge in [0.25, 0.3) is 0 Å². The first kappa shape index (κ1) is 14.7. The lowest BCUT2D eigenvalue weighted by Gasteiger charge is -2.39. The summed E-state index contributed by atoms with van der Waals surface area (Å²) in [5, 5.41) is 0.305. The van der Waals surface area contributed by atoms with E-state index < -0.39 is 0 Å². The van der Waals surface area contributed by atoms with E-state index in [1.807, 2.05) is 0 Å². The van der Waals surface area contributed by atoms with Gasteiger partial charge in [-0.15, -0.1) is 11.6 Å². The van der Waals surface area contributed by atoms with Crippen LogP contribution in [0.5, 0.6) is 0 Å². The van der Waals surface area contributed by atoms with Crippen molar-refractivity contribution in [2.24, 2.45) is 11.3 Å². The number of alkyl halides is 1. The van der Waals surface area contributed by atoms with E-state index in [2.05, 4.69) is 20.8 Å². The topological polar surface area (TPSA) is 9.23 Å². The van der Waals surface area contributed by atoms with Crippen molar-refractivity contribution >= 4 is 11.6 Å². The molecule has 2 rings (SSSR count). The van der Waals surface area contributed by atoms with Crippen LogP contribution in [-0.2, 0) is 4.74 Å². The highest BCUT2D eigenvalue weighted by Crippen LogP contribution is 2.43. The Morgan fingerprint density at radius 1 is 1.28 bits per heavy atom. The summed E-state index contributed by atoms with van der Waals surface area (Å²) in [7, 11) is 0. The molecule has 1 heterocycles. The molecular weight excluding hydrogens is 244 g/mol. The minimum atomic E-state index is 0.234. The summed E-state index contributed by atoms with van der Waals surface area (Å²) >= 11 is 6.50. The van der Waals surface area contributed by atoms with Gasteiger partial charge in [-0.05, 0) is 49.9 Å². The van der Waals surface area contributed by atoms with Gasteiger partial charge < -0.3 is 4.74 Å². The van der Waals surface area contributed by atoms with Gasteiger partial charge in [0.1, 0.15) is 0 Å². The molecule has 2 heteroatoms. The molecule has 1 saturated carbocycles. The van der Waals surface area contributed by atoms with Gasteiger partial charge >= 0.3 is 0 Å². The van der Waals surface area contributed by atoms with Gasteiger partial charge in [-0.3, -0.25) is 0 Å². The molecule has 1 spiro atoms. The van der Waals surface area contributed by atoms with Crippen LogP contribution in [0.25, 0.3) is 0 Å². The van der Waals surface area contributed by atoms with Crippen molar-refractivity contribution in [1.82, 2.24) is 0 Å². The third-order valence-electron chi connectivity index (χ3n) is 4.88. The van der Waals surface area contributed by atoms with Crippen molar-refractivity contribution in [1.29, 1.82) is 0 Å². The van der Waals surface area contributed by atoms with Gasteiger partial charge in [0.05, 0.1) is 5.60 Å². The quantitative estimate of drug-likeness (QED) is 0.645. The third-order valence-corrected chi connectivity index (χ3v) is 5.75. The van der Waals surface area contributed by atoms with Gasteiger partial charge in [0, 0.05) is 12.0 Å². The highest BCUT2D eigenvalue weighted by Gasteiger charge is 2.39. The van der Waals surface area contributed by atoms with Crippen molar-refractivity contribution in [3.63, 3.8) is 0 Å². The highest BCUT2D eigenvalue weighted by atomic mass is 35.5. The molecule has 0 bridgehead atoms. The second kappa shape index (κ2) is 5.71. The minimum Gasteiger partial charge on any atom is -0.375 e. The van der Waals surface area contributed by atoms with Crippen LogP contribution in [-0.4, -0.2) is 17.6 Å². The lowest BCUT2D eigenvalue weighted by Crippen LogP contribution is -2.37. The Bertz CT molecular complexity index is 263. The molecule has 0 N–H and O–H groups in total. The van der Waals surface area contributed by atoms with Crippen LogP contribution in [0.2, 0.25) is 0 Å². The van der Waals surface area contributed by atoms with E-state index in [4.69, 9.17) is 16.3 Å². The Kier molecular flexibility index (Phi) is 4.65. The molecule has 1 aliphatic carbocycles. The molecular formula is C16H29ClO. The third kappa shape index (κ3) is 3.63. The van der Waals surface area contributed by atoms with E-state index in [0.29, 0.717) is 5.38 Å². The van der Waals surface area contributed by atoms with E-state index >= 15 is 0 Å². The Morgan fingerprint density at radius 2 is 1.94 bits per heavy atom. The Hall–Kier alpha value is 0.250. The number of ether oxygens (including phenoxy) is 1. The van der Waals surface area contributed by atoms with E-state index in [1.54, 1.807) is 0 Å². The maximum Gasteiger partial charge on any atom is 0.0685 e. The van der Waals surface area contributed by atoms with Gasteiger partial charge in [-0.25, -0.2) is 0 Å². The Labute approximate surface area is 118 Å². The summed E-state index contributed by atoms with van der Waals surface area (Å²) < 4.78 is 6.10. The number of hydrogen-bond acceptors (Lipinski definition) is 1. The van der Waals surface area contributed by atoms with Gasteiger partial charge in [0.15, 0.2) is 0 Å². The summed E-state index contributed by atoms with van der Waals surface area (Å²) in [6.45, 7) is 7.71.